The van der Waals surface area contributed by atoms with Gasteiger partial charge in [-0.3, -0.25) is 13.9 Å². The molecule has 206 valence electrons. The first-order valence-electron chi connectivity index (χ1n) is 12.8. The molecule has 10 nitrogen and oxygen atoms in total. The molecule has 0 aromatic heterocycles. The normalized spacial score (nSPS) is 16.0. The molecule has 0 unspecified atom stereocenters. The number of methoxy groups -OCH3 is 1. The third kappa shape index (κ3) is 6.69. The van der Waals surface area contributed by atoms with Crippen molar-refractivity contribution >= 4 is 27.5 Å². The summed E-state index contributed by atoms with van der Waals surface area (Å²) < 4.78 is 42.5. The van der Waals surface area contributed by atoms with E-state index < -0.39 is 28.5 Å². The molecule has 1 atom stereocenters. The Balaban J connectivity index is 1.58. The summed E-state index contributed by atoms with van der Waals surface area (Å²) >= 11 is 0. The summed E-state index contributed by atoms with van der Waals surface area (Å²) in [6.45, 7) is 1.36. The number of ether oxygens (including phenoxy) is 3. The first kappa shape index (κ1) is 27.6. The van der Waals surface area contributed by atoms with Crippen molar-refractivity contribution in [1.29, 1.82) is 0 Å². The topological polar surface area (TPSA) is 114 Å². The number of sulfonamides is 1. The SMILES string of the molecule is COc1ccc(CN(C(=O)CN(c2ccc3c(c2)OCO3)S(C)(=O)=O)[C@@H](C)C(=O)NC2CCCCC2)cc1. The van der Waals surface area contributed by atoms with Crippen LogP contribution in [0.4, 0.5) is 5.69 Å². The van der Waals surface area contributed by atoms with Gasteiger partial charge in [-0.2, -0.15) is 0 Å². The van der Waals surface area contributed by atoms with Crippen LogP contribution in [-0.4, -0.2) is 63.9 Å². The summed E-state index contributed by atoms with van der Waals surface area (Å²) in [5.41, 5.74) is 1.05. The first-order valence-corrected chi connectivity index (χ1v) is 14.6. The second kappa shape index (κ2) is 11.9. The van der Waals surface area contributed by atoms with Gasteiger partial charge in [0.15, 0.2) is 11.5 Å². The third-order valence-electron chi connectivity index (χ3n) is 6.95. The van der Waals surface area contributed by atoms with Gasteiger partial charge in [-0.15, -0.1) is 0 Å². The van der Waals surface area contributed by atoms with Crippen LogP contribution in [0.15, 0.2) is 42.5 Å². The monoisotopic (exact) mass is 545 g/mol. The van der Waals surface area contributed by atoms with E-state index >= 15 is 0 Å². The van der Waals surface area contributed by atoms with Gasteiger partial charge in [0.2, 0.25) is 28.6 Å². The zero-order valence-corrected chi connectivity index (χ0v) is 22.8. The van der Waals surface area contributed by atoms with Crippen molar-refractivity contribution in [2.45, 2.75) is 57.7 Å². The number of anilines is 1. The zero-order valence-electron chi connectivity index (χ0n) is 22.0. The Bertz CT molecular complexity index is 1240. The van der Waals surface area contributed by atoms with Crippen LogP contribution in [0.2, 0.25) is 0 Å². The van der Waals surface area contributed by atoms with Crippen LogP contribution in [0.3, 0.4) is 0 Å². The maximum atomic E-state index is 13.7. The van der Waals surface area contributed by atoms with E-state index in [1.54, 1.807) is 38.3 Å². The highest BCUT2D eigenvalue weighted by Gasteiger charge is 2.31. The Labute approximate surface area is 223 Å². The van der Waals surface area contributed by atoms with E-state index in [-0.39, 0.29) is 31.0 Å². The lowest BCUT2D eigenvalue weighted by Crippen LogP contribution is -2.52. The molecule has 0 spiro atoms. The minimum absolute atomic E-state index is 0.0415. The standard InChI is InChI=1S/C27H35N3O7S/c1-19(27(32)28-21-7-5-4-6-8-21)29(16-20-9-12-23(35-2)13-10-20)26(31)17-30(38(3,33)34)22-11-14-24-25(15-22)37-18-36-24/h9-15,19,21H,4-8,16-18H2,1-3H3,(H,28,32)/t19-/m0/s1. The molecule has 0 radical (unpaired) electrons. The van der Waals surface area contributed by atoms with E-state index in [1.807, 2.05) is 12.1 Å². The molecule has 11 heteroatoms. The fourth-order valence-corrected chi connectivity index (χ4v) is 5.57. The number of hydrogen-bond donors (Lipinski definition) is 1. The van der Waals surface area contributed by atoms with Crippen molar-refractivity contribution in [3.05, 3.63) is 48.0 Å². The van der Waals surface area contributed by atoms with Gasteiger partial charge in [-0.1, -0.05) is 31.4 Å². The minimum Gasteiger partial charge on any atom is -0.497 e. The van der Waals surface area contributed by atoms with Crippen molar-refractivity contribution in [1.82, 2.24) is 10.2 Å². The van der Waals surface area contributed by atoms with Crippen LogP contribution < -0.4 is 23.8 Å². The number of hydrogen-bond acceptors (Lipinski definition) is 7. The van der Waals surface area contributed by atoms with Crippen molar-refractivity contribution in [2.24, 2.45) is 0 Å². The molecule has 2 aromatic rings. The largest absolute Gasteiger partial charge is 0.497 e. The Hall–Kier alpha value is -3.47. The number of nitrogens with one attached hydrogen (secondary N) is 1. The molecule has 2 aliphatic rings. The minimum atomic E-state index is -3.84. The average molecular weight is 546 g/mol. The lowest BCUT2D eigenvalue weighted by atomic mass is 9.95. The van der Waals surface area contributed by atoms with Crippen LogP contribution in [0.1, 0.15) is 44.6 Å². The van der Waals surface area contributed by atoms with Gasteiger partial charge in [0.05, 0.1) is 19.1 Å². The molecular weight excluding hydrogens is 510 g/mol. The van der Waals surface area contributed by atoms with E-state index in [2.05, 4.69) is 5.32 Å². The molecule has 0 saturated heterocycles. The quantitative estimate of drug-likeness (QED) is 0.488. The van der Waals surface area contributed by atoms with E-state index in [0.717, 1.165) is 48.2 Å². The number of fused-ring (bicyclic) bond motifs is 1. The first-order chi connectivity index (χ1) is 18.2. The fourth-order valence-electron chi connectivity index (χ4n) is 4.73. The highest BCUT2D eigenvalue weighted by Crippen LogP contribution is 2.36. The van der Waals surface area contributed by atoms with Gasteiger partial charge in [0, 0.05) is 18.7 Å². The van der Waals surface area contributed by atoms with Crippen LogP contribution in [0, 0.1) is 0 Å². The summed E-state index contributed by atoms with van der Waals surface area (Å²) in [7, 11) is -2.27. The van der Waals surface area contributed by atoms with Crippen molar-refractivity contribution in [3.63, 3.8) is 0 Å². The van der Waals surface area contributed by atoms with E-state index in [4.69, 9.17) is 14.2 Å². The smallest absolute Gasteiger partial charge is 0.244 e. The van der Waals surface area contributed by atoms with Gasteiger partial charge in [0.25, 0.3) is 0 Å². The molecule has 0 bridgehead atoms. The van der Waals surface area contributed by atoms with Crippen LogP contribution in [0.5, 0.6) is 17.2 Å². The molecule has 4 rings (SSSR count). The highest BCUT2D eigenvalue weighted by atomic mass is 32.2. The Morgan fingerprint density at radius 3 is 2.39 bits per heavy atom. The van der Waals surface area contributed by atoms with Gasteiger partial charge < -0.3 is 24.4 Å². The summed E-state index contributed by atoms with van der Waals surface area (Å²) in [6.07, 6.45) is 6.15. The van der Waals surface area contributed by atoms with E-state index in [1.165, 1.54) is 11.0 Å². The molecule has 2 amide bonds. The number of rotatable bonds is 10. The Morgan fingerprint density at radius 1 is 1.05 bits per heavy atom. The fraction of sp³-hybridized carbons (Fsp3) is 0.481. The molecule has 1 fully saturated rings. The van der Waals surface area contributed by atoms with Crippen LogP contribution in [0.25, 0.3) is 0 Å². The lowest BCUT2D eigenvalue weighted by molar-refractivity contribution is -0.139. The van der Waals surface area contributed by atoms with Gasteiger partial charge in [0.1, 0.15) is 18.3 Å². The van der Waals surface area contributed by atoms with Crippen molar-refractivity contribution in [2.75, 3.05) is 31.0 Å². The molecule has 2 aromatic carbocycles. The van der Waals surface area contributed by atoms with Gasteiger partial charge in [-0.05, 0) is 49.6 Å². The molecule has 38 heavy (non-hydrogen) atoms. The van der Waals surface area contributed by atoms with Gasteiger partial charge >= 0.3 is 0 Å². The molecule has 1 N–H and O–H groups in total. The molecule has 1 aliphatic heterocycles. The summed E-state index contributed by atoms with van der Waals surface area (Å²) in [5.74, 6) is 0.810. The molecule has 1 aliphatic carbocycles. The summed E-state index contributed by atoms with van der Waals surface area (Å²) in [6, 6.07) is 11.2. The maximum Gasteiger partial charge on any atom is 0.244 e. The maximum absolute atomic E-state index is 13.7. The van der Waals surface area contributed by atoms with Crippen LogP contribution in [-0.2, 0) is 26.2 Å². The Kier molecular flexibility index (Phi) is 8.65. The third-order valence-corrected chi connectivity index (χ3v) is 8.09. The number of nitrogens with zero attached hydrogens (tertiary/aromatic N) is 2. The van der Waals surface area contributed by atoms with E-state index in [9.17, 15) is 18.0 Å². The van der Waals surface area contributed by atoms with Gasteiger partial charge in [-0.25, -0.2) is 8.42 Å². The highest BCUT2D eigenvalue weighted by molar-refractivity contribution is 7.92. The van der Waals surface area contributed by atoms with Crippen molar-refractivity contribution in [3.8, 4) is 17.2 Å². The molecule has 1 saturated carbocycles. The predicted octanol–water partition coefficient (Wildman–Crippen LogP) is 3.06. The second-order valence-electron chi connectivity index (χ2n) is 9.70. The second-order valence-corrected chi connectivity index (χ2v) is 11.6. The number of benzene rings is 2. The van der Waals surface area contributed by atoms with E-state index in [0.29, 0.717) is 17.2 Å². The number of amides is 2. The Morgan fingerprint density at radius 2 is 1.74 bits per heavy atom. The number of carbonyl (C=O) groups is 2. The molecule has 1 heterocycles. The molecular formula is C27H35N3O7S. The lowest BCUT2D eigenvalue weighted by Gasteiger charge is -2.33. The summed E-state index contributed by atoms with van der Waals surface area (Å²) in [5, 5.41) is 3.09. The van der Waals surface area contributed by atoms with Crippen LogP contribution >= 0.6 is 0 Å². The predicted molar refractivity (Wildman–Crippen MR) is 143 cm³/mol. The van der Waals surface area contributed by atoms with Crippen molar-refractivity contribution < 1.29 is 32.2 Å². The number of carbonyl (C=O) groups excluding carboxylic acids is 2. The summed E-state index contributed by atoms with van der Waals surface area (Å²) in [4.78, 5) is 28.4. The average Bonchev–Trinajstić information content (AvgIpc) is 3.38. The zero-order chi connectivity index (χ0) is 27.3.